The largest absolute Gasteiger partial charge is 0.494 e. The molecule has 0 atom stereocenters. The van der Waals surface area contributed by atoms with E-state index in [1.165, 1.54) is 31.3 Å². The van der Waals surface area contributed by atoms with E-state index < -0.39 is 5.97 Å². The predicted molar refractivity (Wildman–Crippen MR) is 87.9 cm³/mol. The Morgan fingerprint density at radius 2 is 1.92 bits per heavy atom. The van der Waals surface area contributed by atoms with E-state index in [-0.39, 0.29) is 11.5 Å². The maximum atomic E-state index is 12.9. The van der Waals surface area contributed by atoms with Crippen molar-refractivity contribution >= 4 is 23.1 Å². The van der Waals surface area contributed by atoms with Crippen molar-refractivity contribution in [1.29, 1.82) is 0 Å². The molecule has 0 aliphatic carbocycles. The quantitative estimate of drug-likeness (QED) is 0.796. The molecule has 2 heterocycles. The van der Waals surface area contributed by atoms with E-state index in [9.17, 15) is 14.7 Å². The molecule has 0 radical (unpaired) electrons. The number of pyridine rings is 1. The summed E-state index contributed by atoms with van der Waals surface area (Å²) in [6.45, 7) is 0. The van der Waals surface area contributed by atoms with Crippen LogP contribution in [0.25, 0.3) is 5.52 Å². The Labute approximate surface area is 137 Å². The molecule has 0 saturated carbocycles. The lowest BCUT2D eigenvalue weighted by Crippen LogP contribution is -2.27. The van der Waals surface area contributed by atoms with Crippen LogP contribution in [0.15, 0.2) is 48.8 Å². The number of benzene rings is 1. The number of rotatable bonds is 4. The lowest BCUT2D eigenvalue weighted by atomic mass is 10.1. The van der Waals surface area contributed by atoms with Gasteiger partial charge in [-0.05, 0) is 24.3 Å². The molecule has 0 aliphatic heterocycles. The van der Waals surface area contributed by atoms with Crippen LogP contribution in [0.1, 0.15) is 20.7 Å². The SMILES string of the molecule is COc1cccn2ncc(C(=O)N(C)c3ccccc3C(=O)O)c12. The van der Waals surface area contributed by atoms with Crippen molar-refractivity contribution in [3.05, 3.63) is 59.9 Å². The van der Waals surface area contributed by atoms with Gasteiger partial charge >= 0.3 is 5.97 Å². The molecule has 0 unspecified atom stereocenters. The zero-order valence-corrected chi connectivity index (χ0v) is 13.1. The Morgan fingerprint density at radius 3 is 2.62 bits per heavy atom. The highest BCUT2D eigenvalue weighted by atomic mass is 16.5. The number of carboxylic acid groups (broad SMARTS) is 1. The number of carbonyl (C=O) groups is 2. The van der Waals surface area contributed by atoms with Gasteiger partial charge in [0.05, 0.1) is 30.1 Å². The average molecular weight is 325 g/mol. The summed E-state index contributed by atoms with van der Waals surface area (Å²) in [5.41, 5.74) is 1.22. The number of hydrogen-bond donors (Lipinski definition) is 1. The van der Waals surface area contributed by atoms with Gasteiger partial charge in [0.1, 0.15) is 11.3 Å². The number of para-hydroxylation sites is 1. The Balaban J connectivity index is 2.09. The Morgan fingerprint density at radius 1 is 1.17 bits per heavy atom. The second kappa shape index (κ2) is 6.04. The molecule has 0 saturated heterocycles. The number of aromatic nitrogens is 2. The number of ether oxygens (including phenoxy) is 1. The van der Waals surface area contributed by atoms with Crippen LogP contribution in [0.2, 0.25) is 0 Å². The van der Waals surface area contributed by atoms with E-state index in [0.717, 1.165) is 0 Å². The molecule has 2 aromatic heterocycles. The molecule has 24 heavy (non-hydrogen) atoms. The molecule has 0 bridgehead atoms. The van der Waals surface area contributed by atoms with Crippen LogP contribution in [0.5, 0.6) is 5.75 Å². The number of carboxylic acids is 1. The van der Waals surface area contributed by atoms with Gasteiger partial charge in [0, 0.05) is 13.2 Å². The molecule has 3 aromatic rings. The lowest BCUT2D eigenvalue weighted by molar-refractivity contribution is 0.0697. The van der Waals surface area contributed by atoms with Gasteiger partial charge < -0.3 is 14.7 Å². The third kappa shape index (κ3) is 2.45. The van der Waals surface area contributed by atoms with Gasteiger partial charge in [-0.15, -0.1) is 0 Å². The fraction of sp³-hybridized carbons (Fsp3) is 0.118. The molecule has 0 aliphatic rings. The molecule has 7 heteroatoms. The molecule has 122 valence electrons. The first-order chi connectivity index (χ1) is 11.5. The maximum Gasteiger partial charge on any atom is 0.337 e. The average Bonchev–Trinajstić information content (AvgIpc) is 3.04. The van der Waals surface area contributed by atoms with Gasteiger partial charge in [-0.3, -0.25) is 4.79 Å². The number of carbonyl (C=O) groups excluding carboxylic acids is 1. The van der Waals surface area contributed by atoms with Crippen LogP contribution in [0, 0.1) is 0 Å². The normalized spacial score (nSPS) is 10.6. The van der Waals surface area contributed by atoms with Gasteiger partial charge in [-0.2, -0.15) is 5.10 Å². The fourth-order valence-corrected chi connectivity index (χ4v) is 2.57. The number of anilines is 1. The van der Waals surface area contributed by atoms with Crippen LogP contribution in [-0.4, -0.2) is 40.8 Å². The molecule has 1 N–H and O–H groups in total. The number of aromatic carboxylic acids is 1. The van der Waals surface area contributed by atoms with Crippen molar-refractivity contribution in [3.8, 4) is 5.75 Å². The van der Waals surface area contributed by atoms with Gasteiger partial charge in [-0.1, -0.05) is 12.1 Å². The van der Waals surface area contributed by atoms with E-state index in [1.807, 2.05) is 0 Å². The molecule has 7 nitrogen and oxygen atoms in total. The number of hydrogen-bond acceptors (Lipinski definition) is 4. The summed E-state index contributed by atoms with van der Waals surface area (Å²) in [5, 5.41) is 13.5. The van der Waals surface area contributed by atoms with Gasteiger partial charge in [0.2, 0.25) is 0 Å². The molecular formula is C17H15N3O4. The van der Waals surface area contributed by atoms with Crippen LogP contribution in [-0.2, 0) is 0 Å². The first-order valence-electron chi connectivity index (χ1n) is 7.15. The monoisotopic (exact) mass is 325 g/mol. The van der Waals surface area contributed by atoms with Crippen molar-refractivity contribution in [2.45, 2.75) is 0 Å². The standard InChI is InChI=1S/C17H15N3O4/c1-19(13-7-4-3-6-11(13)17(22)23)16(21)12-10-18-20-9-5-8-14(24-2)15(12)20/h3-10H,1-2H3,(H,22,23). The highest BCUT2D eigenvalue weighted by molar-refractivity contribution is 6.12. The van der Waals surface area contributed by atoms with E-state index in [1.54, 1.807) is 41.0 Å². The number of nitrogens with zero attached hydrogens (tertiary/aromatic N) is 3. The van der Waals surface area contributed by atoms with E-state index >= 15 is 0 Å². The highest BCUT2D eigenvalue weighted by Crippen LogP contribution is 2.26. The van der Waals surface area contributed by atoms with Gasteiger partial charge in [0.25, 0.3) is 5.91 Å². The van der Waals surface area contributed by atoms with Crippen LogP contribution >= 0.6 is 0 Å². The van der Waals surface area contributed by atoms with Crippen molar-refractivity contribution in [1.82, 2.24) is 9.61 Å². The molecule has 0 fully saturated rings. The number of amides is 1. The minimum absolute atomic E-state index is 0.0526. The molecule has 1 aromatic carbocycles. The molecule has 1 amide bonds. The smallest absolute Gasteiger partial charge is 0.337 e. The lowest BCUT2D eigenvalue weighted by Gasteiger charge is -2.19. The van der Waals surface area contributed by atoms with Crippen molar-refractivity contribution in [2.24, 2.45) is 0 Å². The third-order valence-electron chi connectivity index (χ3n) is 3.75. The summed E-state index contributed by atoms with van der Waals surface area (Å²) in [6, 6.07) is 9.84. The summed E-state index contributed by atoms with van der Waals surface area (Å²) >= 11 is 0. The second-order valence-electron chi connectivity index (χ2n) is 5.11. The second-order valence-corrected chi connectivity index (χ2v) is 5.11. The topological polar surface area (TPSA) is 84.1 Å². The van der Waals surface area contributed by atoms with Crippen molar-refractivity contribution < 1.29 is 19.4 Å². The third-order valence-corrected chi connectivity index (χ3v) is 3.75. The summed E-state index contributed by atoms with van der Waals surface area (Å²) in [6.07, 6.45) is 3.15. The summed E-state index contributed by atoms with van der Waals surface area (Å²) in [4.78, 5) is 25.6. The summed E-state index contributed by atoms with van der Waals surface area (Å²) in [5.74, 6) is -0.954. The van der Waals surface area contributed by atoms with E-state index in [0.29, 0.717) is 22.5 Å². The van der Waals surface area contributed by atoms with Crippen LogP contribution in [0.3, 0.4) is 0 Å². The van der Waals surface area contributed by atoms with Gasteiger partial charge in [-0.25, -0.2) is 9.31 Å². The Hall–Kier alpha value is -3.35. The maximum absolute atomic E-state index is 12.9. The fourth-order valence-electron chi connectivity index (χ4n) is 2.57. The van der Waals surface area contributed by atoms with Crippen molar-refractivity contribution in [2.75, 3.05) is 19.1 Å². The Bertz CT molecular complexity index is 932. The van der Waals surface area contributed by atoms with Crippen molar-refractivity contribution in [3.63, 3.8) is 0 Å². The predicted octanol–water partition coefficient (Wildman–Crippen LogP) is 2.32. The molecule has 3 rings (SSSR count). The first kappa shape index (κ1) is 15.5. The van der Waals surface area contributed by atoms with Crippen LogP contribution in [0.4, 0.5) is 5.69 Å². The first-order valence-corrected chi connectivity index (χ1v) is 7.15. The minimum atomic E-state index is -1.09. The molecule has 0 spiro atoms. The zero-order chi connectivity index (χ0) is 17.3. The minimum Gasteiger partial charge on any atom is -0.494 e. The summed E-state index contributed by atoms with van der Waals surface area (Å²) < 4.78 is 6.84. The van der Waals surface area contributed by atoms with E-state index in [4.69, 9.17) is 4.74 Å². The Kier molecular flexibility index (Phi) is 3.91. The molecular weight excluding hydrogens is 310 g/mol. The highest BCUT2D eigenvalue weighted by Gasteiger charge is 2.23. The van der Waals surface area contributed by atoms with Gasteiger partial charge in [0.15, 0.2) is 0 Å². The summed E-state index contributed by atoms with van der Waals surface area (Å²) in [7, 11) is 3.04. The number of methoxy groups -OCH3 is 1. The zero-order valence-electron chi connectivity index (χ0n) is 13.1. The number of fused-ring (bicyclic) bond motifs is 1. The van der Waals surface area contributed by atoms with E-state index in [2.05, 4.69) is 5.10 Å². The van der Waals surface area contributed by atoms with Crippen LogP contribution < -0.4 is 9.64 Å².